The fourth-order valence-corrected chi connectivity index (χ4v) is 3.87. The lowest BCUT2D eigenvalue weighted by Gasteiger charge is -2.11. The molecule has 0 aliphatic heterocycles. The van der Waals surface area contributed by atoms with E-state index in [2.05, 4.69) is 10.3 Å². The number of methoxy groups -OCH3 is 1. The lowest BCUT2D eigenvalue weighted by molar-refractivity contribution is -0.112. The van der Waals surface area contributed by atoms with Crippen molar-refractivity contribution in [3.8, 4) is 5.88 Å². The van der Waals surface area contributed by atoms with Crippen molar-refractivity contribution in [3.05, 3.63) is 88.5 Å². The van der Waals surface area contributed by atoms with Crippen molar-refractivity contribution in [1.29, 1.82) is 0 Å². The number of para-hydroxylation sites is 1. The van der Waals surface area contributed by atoms with Crippen LogP contribution in [0.5, 0.6) is 5.88 Å². The second-order valence-electron chi connectivity index (χ2n) is 7.17. The van der Waals surface area contributed by atoms with Crippen molar-refractivity contribution in [2.24, 2.45) is 0 Å². The summed E-state index contributed by atoms with van der Waals surface area (Å²) in [6.07, 6.45) is 1.47. The Morgan fingerprint density at radius 1 is 1.16 bits per heavy atom. The maximum atomic E-state index is 13.5. The van der Waals surface area contributed by atoms with Gasteiger partial charge in [-0.05, 0) is 36.8 Å². The molecule has 8 heteroatoms. The van der Waals surface area contributed by atoms with Crippen molar-refractivity contribution >= 4 is 39.9 Å². The van der Waals surface area contributed by atoms with Gasteiger partial charge in [0.05, 0.1) is 12.7 Å². The predicted molar refractivity (Wildman–Crippen MR) is 121 cm³/mol. The highest BCUT2D eigenvalue weighted by molar-refractivity contribution is 6.48. The Bertz CT molecular complexity index is 1350. The van der Waals surface area contributed by atoms with Gasteiger partial charge in [-0.2, -0.15) is 0 Å². The van der Waals surface area contributed by atoms with Gasteiger partial charge in [-0.3, -0.25) is 9.59 Å². The molecule has 0 radical (unpaired) electrons. The molecule has 0 aliphatic rings. The van der Waals surface area contributed by atoms with E-state index in [1.54, 1.807) is 31.2 Å². The number of amides is 1. The maximum absolute atomic E-state index is 13.5. The second kappa shape index (κ2) is 8.80. The third kappa shape index (κ3) is 4.07. The number of anilines is 1. The fourth-order valence-electron chi connectivity index (χ4n) is 3.64. The highest BCUT2D eigenvalue weighted by Crippen LogP contribution is 2.29. The van der Waals surface area contributed by atoms with Gasteiger partial charge in [0, 0.05) is 46.1 Å². The smallest absolute Gasteiger partial charge is 0.296 e. The minimum atomic E-state index is -0.774. The molecule has 0 spiro atoms. The van der Waals surface area contributed by atoms with Crippen LogP contribution in [-0.4, -0.2) is 28.4 Å². The largest absolute Gasteiger partial charge is 0.481 e. The number of carbonyl (C=O) groups is 2. The van der Waals surface area contributed by atoms with Crippen molar-refractivity contribution in [3.63, 3.8) is 0 Å². The zero-order valence-corrected chi connectivity index (χ0v) is 18.1. The van der Waals surface area contributed by atoms with E-state index < -0.39 is 17.5 Å². The van der Waals surface area contributed by atoms with Gasteiger partial charge in [0.2, 0.25) is 5.88 Å². The summed E-state index contributed by atoms with van der Waals surface area (Å²) in [5, 5.41) is 3.54. The number of nitrogens with zero attached hydrogens (tertiary/aromatic N) is 2. The molecule has 6 nitrogen and oxygen atoms in total. The molecule has 0 saturated carbocycles. The normalized spacial score (nSPS) is 10.9. The van der Waals surface area contributed by atoms with E-state index in [1.807, 2.05) is 16.7 Å². The summed E-state index contributed by atoms with van der Waals surface area (Å²) < 4.78 is 20.4. The summed E-state index contributed by atoms with van der Waals surface area (Å²) >= 11 is 6.22. The third-order valence-electron chi connectivity index (χ3n) is 5.21. The Hall–Kier alpha value is -3.71. The first-order chi connectivity index (χ1) is 15.4. The topological polar surface area (TPSA) is 73.2 Å². The standard InChI is InChI=1S/C24H19ClFN3O3/c1-14-22(23(30)24(31)28-17-9-10-27-21(12-17)32-2)18-5-3-4-6-20(18)29(14)13-15-7-8-16(26)11-19(15)25/h3-12H,13H2,1-2H3,(H,27,28,31). The molecular weight excluding hydrogens is 433 g/mol. The zero-order chi connectivity index (χ0) is 22.8. The number of hydrogen-bond acceptors (Lipinski definition) is 4. The van der Waals surface area contributed by atoms with Gasteiger partial charge >= 0.3 is 0 Å². The van der Waals surface area contributed by atoms with Crippen LogP contribution in [0.1, 0.15) is 21.6 Å². The molecular formula is C24H19ClFN3O3. The van der Waals surface area contributed by atoms with Crippen molar-refractivity contribution in [2.75, 3.05) is 12.4 Å². The Morgan fingerprint density at radius 2 is 1.94 bits per heavy atom. The highest BCUT2D eigenvalue weighted by Gasteiger charge is 2.25. The number of rotatable bonds is 6. The van der Waals surface area contributed by atoms with Crippen molar-refractivity contribution in [1.82, 2.24) is 9.55 Å². The number of pyridine rings is 1. The van der Waals surface area contributed by atoms with E-state index in [1.165, 1.54) is 31.5 Å². The lowest BCUT2D eigenvalue weighted by atomic mass is 10.1. The quantitative estimate of drug-likeness (QED) is 0.330. The van der Waals surface area contributed by atoms with E-state index in [9.17, 15) is 14.0 Å². The summed E-state index contributed by atoms with van der Waals surface area (Å²) in [4.78, 5) is 29.9. The minimum absolute atomic E-state index is 0.291. The van der Waals surface area contributed by atoms with Crippen LogP contribution in [0, 0.1) is 12.7 Å². The number of halogens is 2. The van der Waals surface area contributed by atoms with Crippen LogP contribution in [0.3, 0.4) is 0 Å². The first kappa shape index (κ1) is 21.5. The summed E-state index contributed by atoms with van der Waals surface area (Å²) in [5.41, 5.74) is 2.78. The minimum Gasteiger partial charge on any atom is -0.481 e. The molecule has 0 unspecified atom stereocenters. The van der Waals surface area contributed by atoms with Crippen molar-refractivity contribution in [2.45, 2.75) is 13.5 Å². The average molecular weight is 452 g/mol. The van der Waals surface area contributed by atoms with Crippen LogP contribution in [0.4, 0.5) is 10.1 Å². The van der Waals surface area contributed by atoms with Crippen LogP contribution in [0.2, 0.25) is 5.02 Å². The van der Waals surface area contributed by atoms with E-state index >= 15 is 0 Å². The summed E-state index contributed by atoms with van der Waals surface area (Å²) in [6.45, 7) is 2.09. The molecule has 4 rings (SSSR count). The number of hydrogen-bond donors (Lipinski definition) is 1. The number of benzene rings is 2. The lowest BCUT2D eigenvalue weighted by Crippen LogP contribution is -2.23. The Morgan fingerprint density at radius 3 is 2.69 bits per heavy atom. The predicted octanol–water partition coefficient (Wildman–Crippen LogP) is 5.02. The SMILES string of the molecule is COc1cc(NC(=O)C(=O)c2c(C)n(Cc3ccc(F)cc3Cl)c3ccccc23)ccn1. The average Bonchev–Trinajstić information content (AvgIpc) is 3.06. The van der Waals surface area contributed by atoms with Gasteiger partial charge < -0.3 is 14.6 Å². The maximum Gasteiger partial charge on any atom is 0.296 e. The molecule has 0 atom stereocenters. The molecule has 0 saturated heterocycles. The van der Waals surface area contributed by atoms with Gasteiger partial charge in [-0.15, -0.1) is 0 Å². The summed E-state index contributed by atoms with van der Waals surface area (Å²) in [6, 6.07) is 14.6. The first-order valence-electron chi connectivity index (χ1n) is 9.76. The van der Waals surface area contributed by atoms with Crippen LogP contribution in [-0.2, 0) is 11.3 Å². The van der Waals surface area contributed by atoms with Gasteiger partial charge in [0.25, 0.3) is 11.7 Å². The number of ether oxygens (including phenoxy) is 1. The van der Waals surface area contributed by atoms with Crippen LogP contribution in [0.15, 0.2) is 60.8 Å². The molecule has 2 aromatic heterocycles. The molecule has 1 N–H and O–H groups in total. The van der Waals surface area contributed by atoms with E-state index in [4.69, 9.17) is 16.3 Å². The summed E-state index contributed by atoms with van der Waals surface area (Å²) in [7, 11) is 1.46. The zero-order valence-electron chi connectivity index (χ0n) is 17.4. The third-order valence-corrected chi connectivity index (χ3v) is 5.56. The molecule has 32 heavy (non-hydrogen) atoms. The number of ketones is 1. The second-order valence-corrected chi connectivity index (χ2v) is 7.58. The highest BCUT2D eigenvalue weighted by atomic mass is 35.5. The van der Waals surface area contributed by atoms with Gasteiger partial charge in [-0.1, -0.05) is 35.9 Å². The van der Waals surface area contributed by atoms with Crippen LogP contribution < -0.4 is 10.1 Å². The van der Waals surface area contributed by atoms with Crippen LogP contribution in [0.25, 0.3) is 10.9 Å². The molecule has 0 fully saturated rings. The summed E-state index contributed by atoms with van der Waals surface area (Å²) in [5.74, 6) is -1.55. The van der Waals surface area contributed by atoms with Crippen LogP contribution >= 0.6 is 11.6 Å². The Labute approximate surface area is 188 Å². The molecule has 4 aromatic rings. The molecule has 2 aromatic carbocycles. The van der Waals surface area contributed by atoms with E-state index in [0.29, 0.717) is 45.3 Å². The number of nitrogens with one attached hydrogen (secondary N) is 1. The van der Waals surface area contributed by atoms with Gasteiger partial charge in [0.15, 0.2) is 0 Å². The van der Waals surface area contributed by atoms with E-state index in [0.717, 1.165) is 5.52 Å². The Kier molecular flexibility index (Phi) is 5.92. The molecule has 2 heterocycles. The molecule has 1 amide bonds. The number of carbonyl (C=O) groups excluding carboxylic acids is 2. The molecule has 0 bridgehead atoms. The number of Topliss-reactive ketones (excluding diaryl/α,β-unsaturated/α-hetero) is 1. The van der Waals surface area contributed by atoms with Crippen molar-refractivity contribution < 1.29 is 18.7 Å². The molecule has 162 valence electrons. The number of fused-ring (bicyclic) bond motifs is 1. The fraction of sp³-hybridized carbons (Fsp3) is 0.125. The van der Waals surface area contributed by atoms with E-state index in [-0.39, 0.29) is 0 Å². The van der Waals surface area contributed by atoms with Gasteiger partial charge in [-0.25, -0.2) is 9.37 Å². The Balaban J connectivity index is 1.71. The number of aromatic nitrogens is 2. The molecule has 0 aliphatic carbocycles. The monoisotopic (exact) mass is 451 g/mol. The first-order valence-corrected chi connectivity index (χ1v) is 10.1. The van der Waals surface area contributed by atoms with Gasteiger partial charge in [0.1, 0.15) is 5.82 Å².